The third kappa shape index (κ3) is 4.90. The van der Waals surface area contributed by atoms with Crippen LogP contribution in [0.3, 0.4) is 0 Å². The second-order valence-corrected chi connectivity index (χ2v) is 10.3. The third-order valence-electron chi connectivity index (χ3n) is 7.89. The first-order chi connectivity index (χ1) is 18.5. The molecule has 202 valence electrons. The summed E-state index contributed by atoms with van der Waals surface area (Å²) in [4.78, 5) is 17.5. The SMILES string of the molecule is CCc1noc(N2C[C@H]3COC[C@@H](C2)C3COc2cnc(N3C[C@H](c4cc(F)ccc4F)[C@@H](N)C3)nc2)n1. The van der Waals surface area contributed by atoms with Crippen LogP contribution in [0.1, 0.15) is 24.2 Å². The monoisotopic (exact) mass is 527 g/mol. The highest BCUT2D eigenvalue weighted by molar-refractivity contribution is 5.39. The molecule has 10 nitrogen and oxygen atoms in total. The molecule has 1 aromatic carbocycles. The minimum absolute atomic E-state index is 0.283. The quantitative estimate of drug-likeness (QED) is 0.491. The van der Waals surface area contributed by atoms with Gasteiger partial charge in [0.05, 0.1) is 32.2 Å². The molecule has 38 heavy (non-hydrogen) atoms. The summed E-state index contributed by atoms with van der Waals surface area (Å²) in [5.74, 6) is 1.38. The van der Waals surface area contributed by atoms with Gasteiger partial charge < -0.3 is 29.5 Å². The number of halogens is 2. The van der Waals surface area contributed by atoms with Gasteiger partial charge in [0.15, 0.2) is 11.6 Å². The Hall–Kier alpha value is -3.38. The molecule has 6 rings (SSSR count). The van der Waals surface area contributed by atoms with Crippen molar-refractivity contribution in [2.75, 3.05) is 55.8 Å². The van der Waals surface area contributed by atoms with Gasteiger partial charge in [-0.25, -0.2) is 18.7 Å². The van der Waals surface area contributed by atoms with Crippen LogP contribution in [-0.2, 0) is 11.2 Å². The van der Waals surface area contributed by atoms with Crippen molar-refractivity contribution < 1.29 is 22.8 Å². The van der Waals surface area contributed by atoms with Crippen LogP contribution in [0.25, 0.3) is 0 Å². The van der Waals surface area contributed by atoms with E-state index in [1.165, 1.54) is 6.07 Å². The fraction of sp³-hybridized carbons (Fsp3) is 0.538. The number of aryl methyl sites for hydroxylation is 1. The van der Waals surface area contributed by atoms with E-state index < -0.39 is 11.6 Å². The van der Waals surface area contributed by atoms with Gasteiger partial charge in [0, 0.05) is 62.3 Å². The molecule has 5 heterocycles. The Kier molecular flexibility index (Phi) is 6.83. The van der Waals surface area contributed by atoms with Gasteiger partial charge in [-0.3, -0.25) is 0 Å². The second-order valence-electron chi connectivity index (χ2n) is 10.3. The van der Waals surface area contributed by atoms with E-state index in [-0.39, 0.29) is 29.4 Å². The average Bonchev–Trinajstić information content (AvgIpc) is 3.55. The molecule has 2 aromatic heterocycles. The number of ether oxygens (including phenoxy) is 2. The first-order valence-corrected chi connectivity index (χ1v) is 13.0. The number of anilines is 2. The lowest BCUT2D eigenvalue weighted by Crippen LogP contribution is -2.54. The van der Waals surface area contributed by atoms with Gasteiger partial charge in [-0.2, -0.15) is 4.98 Å². The molecule has 5 atom stereocenters. The number of aromatic nitrogens is 4. The van der Waals surface area contributed by atoms with Gasteiger partial charge in [0.2, 0.25) is 5.95 Å². The summed E-state index contributed by atoms with van der Waals surface area (Å²) in [7, 11) is 0. The van der Waals surface area contributed by atoms with Crippen molar-refractivity contribution in [3.8, 4) is 5.75 Å². The van der Waals surface area contributed by atoms with E-state index in [9.17, 15) is 8.78 Å². The summed E-state index contributed by atoms with van der Waals surface area (Å²) in [5.41, 5.74) is 6.56. The first-order valence-electron chi connectivity index (χ1n) is 13.0. The summed E-state index contributed by atoms with van der Waals surface area (Å²) < 4.78 is 45.4. The summed E-state index contributed by atoms with van der Waals surface area (Å²) in [6.07, 6.45) is 4.04. The van der Waals surface area contributed by atoms with Crippen molar-refractivity contribution in [1.82, 2.24) is 20.1 Å². The number of rotatable bonds is 7. The Morgan fingerprint density at radius 2 is 1.82 bits per heavy atom. The zero-order valence-electron chi connectivity index (χ0n) is 21.2. The molecular formula is C26H31F2N7O3. The van der Waals surface area contributed by atoms with E-state index in [0.717, 1.165) is 31.6 Å². The summed E-state index contributed by atoms with van der Waals surface area (Å²) in [6.45, 7) is 6.25. The van der Waals surface area contributed by atoms with E-state index in [1.54, 1.807) is 12.4 Å². The Morgan fingerprint density at radius 1 is 1.05 bits per heavy atom. The van der Waals surface area contributed by atoms with Gasteiger partial charge in [-0.05, 0) is 23.8 Å². The molecule has 3 fully saturated rings. The molecule has 3 aliphatic heterocycles. The standard InChI is InChI=1S/C26H31F2N7O3/c1-2-24-32-26(38-33-24)35-8-15-12-36-13-16(9-35)21(15)14-37-18-6-30-25(31-7-18)34-10-20(23(29)11-34)19-5-17(27)3-4-22(19)28/h3-7,15-16,20-21,23H,2,8-14,29H2,1H3/t15-,16+,20-,21?,23+/m1/s1. The number of nitrogens with two attached hydrogens (primary N) is 1. The minimum Gasteiger partial charge on any atom is -0.490 e. The molecule has 0 radical (unpaired) electrons. The fourth-order valence-electron chi connectivity index (χ4n) is 5.82. The number of fused-ring (bicyclic) bond motifs is 2. The zero-order valence-corrected chi connectivity index (χ0v) is 21.2. The van der Waals surface area contributed by atoms with E-state index in [0.29, 0.717) is 62.4 Å². The molecule has 0 amide bonds. The normalized spacial score (nSPS) is 27.1. The van der Waals surface area contributed by atoms with E-state index in [4.69, 9.17) is 19.7 Å². The average molecular weight is 528 g/mol. The minimum atomic E-state index is -0.480. The van der Waals surface area contributed by atoms with Gasteiger partial charge in [-0.1, -0.05) is 12.1 Å². The van der Waals surface area contributed by atoms with Crippen molar-refractivity contribution in [2.45, 2.75) is 25.3 Å². The molecular weight excluding hydrogens is 496 g/mol. The lowest BCUT2D eigenvalue weighted by Gasteiger charge is -2.46. The maximum Gasteiger partial charge on any atom is 0.324 e. The van der Waals surface area contributed by atoms with E-state index >= 15 is 0 Å². The van der Waals surface area contributed by atoms with Crippen molar-refractivity contribution in [3.05, 3.63) is 53.6 Å². The predicted octanol–water partition coefficient (Wildman–Crippen LogP) is 2.41. The van der Waals surface area contributed by atoms with Crippen LogP contribution in [0.5, 0.6) is 5.75 Å². The summed E-state index contributed by atoms with van der Waals surface area (Å²) >= 11 is 0. The lowest BCUT2D eigenvalue weighted by molar-refractivity contribution is -0.0535. The van der Waals surface area contributed by atoms with Crippen LogP contribution in [0, 0.1) is 29.4 Å². The number of hydrogen-bond acceptors (Lipinski definition) is 10. The second kappa shape index (κ2) is 10.4. The van der Waals surface area contributed by atoms with Crippen LogP contribution < -0.4 is 20.3 Å². The van der Waals surface area contributed by atoms with Crippen LogP contribution in [0.2, 0.25) is 0 Å². The van der Waals surface area contributed by atoms with Gasteiger partial charge in [0.1, 0.15) is 11.6 Å². The Bertz CT molecular complexity index is 1250. The highest BCUT2D eigenvalue weighted by Crippen LogP contribution is 2.36. The molecule has 12 heteroatoms. The molecule has 3 aliphatic rings. The number of hydrogen-bond donors (Lipinski definition) is 1. The summed E-state index contributed by atoms with van der Waals surface area (Å²) in [6, 6.07) is 3.68. The third-order valence-corrected chi connectivity index (χ3v) is 7.89. The maximum atomic E-state index is 14.3. The van der Waals surface area contributed by atoms with Crippen molar-refractivity contribution in [2.24, 2.45) is 23.5 Å². The summed E-state index contributed by atoms with van der Waals surface area (Å²) in [5, 5.41) is 4.03. The Morgan fingerprint density at radius 3 is 2.53 bits per heavy atom. The first kappa shape index (κ1) is 24.9. The van der Waals surface area contributed by atoms with Crippen molar-refractivity contribution >= 4 is 12.0 Å². The number of piperidine rings is 1. The number of nitrogens with zero attached hydrogens (tertiary/aromatic N) is 6. The van der Waals surface area contributed by atoms with Crippen LogP contribution >= 0.6 is 0 Å². The topological polar surface area (TPSA) is 116 Å². The van der Waals surface area contributed by atoms with Crippen LogP contribution in [-0.4, -0.2) is 72.2 Å². The van der Waals surface area contributed by atoms with Gasteiger partial charge in [0.25, 0.3) is 0 Å². The largest absolute Gasteiger partial charge is 0.490 e. The molecule has 0 spiro atoms. The smallest absolute Gasteiger partial charge is 0.324 e. The Labute approximate surface area is 219 Å². The van der Waals surface area contributed by atoms with Gasteiger partial charge >= 0.3 is 6.01 Å². The lowest BCUT2D eigenvalue weighted by atomic mass is 9.77. The molecule has 0 aliphatic carbocycles. The van der Waals surface area contributed by atoms with E-state index in [1.807, 2.05) is 11.8 Å². The molecule has 3 saturated heterocycles. The van der Waals surface area contributed by atoms with Gasteiger partial charge in [-0.15, -0.1) is 0 Å². The molecule has 0 saturated carbocycles. The number of benzene rings is 1. The molecule has 1 unspecified atom stereocenters. The van der Waals surface area contributed by atoms with Crippen LogP contribution in [0.15, 0.2) is 35.1 Å². The van der Waals surface area contributed by atoms with Crippen LogP contribution in [0.4, 0.5) is 20.7 Å². The van der Waals surface area contributed by atoms with E-state index in [2.05, 4.69) is 25.0 Å². The predicted molar refractivity (Wildman–Crippen MR) is 134 cm³/mol. The molecule has 3 aromatic rings. The fourth-order valence-corrected chi connectivity index (χ4v) is 5.82. The molecule has 2 bridgehead atoms. The molecule has 2 N–H and O–H groups in total. The Balaban J connectivity index is 1.06. The van der Waals surface area contributed by atoms with Crippen molar-refractivity contribution in [3.63, 3.8) is 0 Å². The zero-order chi connectivity index (χ0) is 26.2. The highest BCUT2D eigenvalue weighted by atomic mass is 19.1. The van der Waals surface area contributed by atoms with Crippen molar-refractivity contribution in [1.29, 1.82) is 0 Å². The highest BCUT2D eigenvalue weighted by Gasteiger charge is 2.42. The maximum absolute atomic E-state index is 14.3.